The van der Waals surface area contributed by atoms with Crippen molar-refractivity contribution in [2.75, 3.05) is 6.54 Å². The summed E-state index contributed by atoms with van der Waals surface area (Å²) in [5.74, 6) is -0.439. The Kier molecular flexibility index (Phi) is 5.86. The fourth-order valence-corrected chi connectivity index (χ4v) is 4.75. The van der Waals surface area contributed by atoms with Gasteiger partial charge in [0.25, 0.3) is 15.9 Å². The highest BCUT2D eigenvalue weighted by atomic mass is 35.5. The molecule has 154 valence electrons. The van der Waals surface area contributed by atoms with Crippen LogP contribution in [0.15, 0.2) is 53.4 Å². The Morgan fingerprint density at radius 3 is 2.41 bits per heavy atom. The number of carbonyl (C=O) groups excluding carboxylic acids is 2. The molecular formula is C20H22ClN3O4S. The lowest BCUT2D eigenvalue weighted by atomic mass is 10.2. The first-order valence-electron chi connectivity index (χ1n) is 9.09. The smallest absolute Gasteiger partial charge is 0.330 e. The maximum atomic E-state index is 13.0. The van der Waals surface area contributed by atoms with E-state index in [2.05, 4.69) is 5.32 Å². The zero-order valence-electron chi connectivity index (χ0n) is 16.3. The Morgan fingerprint density at radius 1 is 1.17 bits per heavy atom. The van der Waals surface area contributed by atoms with Gasteiger partial charge in [-0.15, -0.1) is 0 Å². The molecule has 0 radical (unpaired) electrons. The highest BCUT2D eigenvalue weighted by Gasteiger charge is 2.45. The van der Waals surface area contributed by atoms with Crippen molar-refractivity contribution >= 4 is 33.6 Å². The third-order valence-electron chi connectivity index (χ3n) is 4.66. The zero-order valence-corrected chi connectivity index (χ0v) is 17.9. The summed E-state index contributed by atoms with van der Waals surface area (Å²) < 4.78 is 26.8. The summed E-state index contributed by atoms with van der Waals surface area (Å²) in [4.78, 5) is 26.9. The molecule has 1 heterocycles. The summed E-state index contributed by atoms with van der Waals surface area (Å²) in [6, 6.07) is 11.7. The molecule has 0 bridgehead atoms. The van der Waals surface area contributed by atoms with Crippen LogP contribution in [0.2, 0.25) is 5.02 Å². The van der Waals surface area contributed by atoms with E-state index in [1.165, 1.54) is 23.1 Å². The van der Waals surface area contributed by atoms with E-state index in [1.807, 2.05) is 6.92 Å². The van der Waals surface area contributed by atoms with Gasteiger partial charge in [-0.25, -0.2) is 17.5 Å². The van der Waals surface area contributed by atoms with E-state index in [0.29, 0.717) is 10.6 Å². The van der Waals surface area contributed by atoms with Gasteiger partial charge in [-0.1, -0.05) is 35.4 Å². The van der Waals surface area contributed by atoms with Crippen molar-refractivity contribution in [3.05, 3.63) is 64.7 Å². The first-order chi connectivity index (χ1) is 13.6. The summed E-state index contributed by atoms with van der Waals surface area (Å²) >= 11 is 5.94. The first-order valence-corrected chi connectivity index (χ1v) is 10.9. The van der Waals surface area contributed by atoms with E-state index in [9.17, 15) is 18.0 Å². The molecule has 0 saturated carbocycles. The van der Waals surface area contributed by atoms with Crippen molar-refractivity contribution in [1.82, 2.24) is 14.5 Å². The van der Waals surface area contributed by atoms with Gasteiger partial charge in [0.05, 0.1) is 11.4 Å². The van der Waals surface area contributed by atoms with E-state index in [1.54, 1.807) is 44.2 Å². The zero-order chi connectivity index (χ0) is 21.3. The van der Waals surface area contributed by atoms with Gasteiger partial charge in [0.2, 0.25) is 0 Å². The van der Waals surface area contributed by atoms with E-state index in [-0.39, 0.29) is 17.5 Å². The number of rotatable bonds is 5. The standard InChI is InChI=1S/C20H22ClN3O4S/c1-13(2)24-18(22-19(25)15-5-4-6-16(21)11-15)12-23(20(24)26)29(27,28)17-9-7-14(3)8-10-17/h4-11,13,18H,12H2,1-3H3,(H,22,25). The van der Waals surface area contributed by atoms with E-state index in [4.69, 9.17) is 11.6 Å². The average Bonchev–Trinajstić information content (AvgIpc) is 2.99. The number of hydrogen-bond donors (Lipinski definition) is 1. The maximum absolute atomic E-state index is 13.0. The van der Waals surface area contributed by atoms with Crippen LogP contribution < -0.4 is 5.32 Å². The van der Waals surface area contributed by atoms with Gasteiger partial charge >= 0.3 is 6.03 Å². The van der Waals surface area contributed by atoms with Crippen LogP contribution in [-0.2, 0) is 10.0 Å². The molecule has 1 N–H and O–H groups in total. The Bertz CT molecular complexity index is 1040. The molecule has 1 unspecified atom stereocenters. The molecule has 1 saturated heterocycles. The van der Waals surface area contributed by atoms with Gasteiger partial charge in [-0.05, 0) is 51.1 Å². The van der Waals surface area contributed by atoms with Crippen LogP contribution >= 0.6 is 11.6 Å². The summed E-state index contributed by atoms with van der Waals surface area (Å²) in [5, 5.41) is 3.16. The van der Waals surface area contributed by atoms with Crippen LogP contribution in [0.5, 0.6) is 0 Å². The minimum Gasteiger partial charge on any atom is -0.330 e. The van der Waals surface area contributed by atoms with Crippen molar-refractivity contribution in [2.45, 2.75) is 37.9 Å². The van der Waals surface area contributed by atoms with Crippen LogP contribution in [0, 0.1) is 6.92 Å². The molecule has 3 rings (SSSR count). The third-order valence-corrected chi connectivity index (χ3v) is 6.65. The number of aryl methyl sites for hydroxylation is 1. The van der Waals surface area contributed by atoms with Gasteiger partial charge in [-0.3, -0.25) is 9.69 Å². The molecule has 0 aliphatic carbocycles. The van der Waals surface area contributed by atoms with Gasteiger partial charge in [0.1, 0.15) is 6.17 Å². The van der Waals surface area contributed by atoms with E-state index < -0.39 is 28.1 Å². The molecule has 3 amide bonds. The SMILES string of the molecule is Cc1ccc(S(=O)(=O)N2CC(NC(=O)c3cccc(Cl)c3)N(C(C)C)C2=O)cc1. The minimum atomic E-state index is -4.04. The number of nitrogens with zero attached hydrogens (tertiary/aromatic N) is 2. The number of hydrogen-bond acceptors (Lipinski definition) is 4. The lowest BCUT2D eigenvalue weighted by molar-refractivity contribution is 0.0890. The Balaban J connectivity index is 1.88. The molecule has 7 nitrogen and oxygen atoms in total. The van der Waals surface area contributed by atoms with Crippen LogP contribution in [0.3, 0.4) is 0 Å². The normalized spacial score (nSPS) is 17.1. The van der Waals surface area contributed by atoms with E-state index >= 15 is 0 Å². The van der Waals surface area contributed by atoms with Gasteiger partial charge < -0.3 is 5.32 Å². The Hall–Kier alpha value is -2.58. The number of benzene rings is 2. The second-order valence-corrected chi connectivity index (χ2v) is 9.43. The fourth-order valence-electron chi connectivity index (χ4n) is 3.18. The number of sulfonamides is 1. The predicted octanol–water partition coefficient (Wildman–Crippen LogP) is 3.24. The van der Waals surface area contributed by atoms with Crippen molar-refractivity contribution in [3.8, 4) is 0 Å². The highest BCUT2D eigenvalue weighted by molar-refractivity contribution is 7.89. The monoisotopic (exact) mass is 435 g/mol. The van der Waals surface area contributed by atoms with Crippen molar-refractivity contribution < 1.29 is 18.0 Å². The van der Waals surface area contributed by atoms with Crippen molar-refractivity contribution in [3.63, 3.8) is 0 Å². The van der Waals surface area contributed by atoms with Crippen LogP contribution in [0.1, 0.15) is 29.8 Å². The molecule has 9 heteroatoms. The molecule has 1 atom stereocenters. The number of urea groups is 1. The Labute approximate surface area is 175 Å². The average molecular weight is 436 g/mol. The molecule has 1 aliphatic heterocycles. The predicted molar refractivity (Wildman–Crippen MR) is 110 cm³/mol. The molecule has 2 aromatic rings. The molecule has 1 aliphatic rings. The van der Waals surface area contributed by atoms with Crippen molar-refractivity contribution in [1.29, 1.82) is 0 Å². The lowest BCUT2D eigenvalue weighted by Crippen LogP contribution is -2.49. The fraction of sp³-hybridized carbons (Fsp3) is 0.300. The molecule has 1 fully saturated rings. The van der Waals surface area contributed by atoms with Crippen LogP contribution in [0.4, 0.5) is 4.79 Å². The minimum absolute atomic E-state index is 0.0296. The number of carbonyl (C=O) groups is 2. The second-order valence-electron chi connectivity index (χ2n) is 7.13. The molecule has 0 aromatic heterocycles. The largest absolute Gasteiger partial charge is 0.336 e. The molecule has 0 spiro atoms. The quantitative estimate of drug-likeness (QED) is 0.781. The summed E-state index contributed by atoms with van der Waals surface area (Å²) in [6.45, 7) is 5.19. The van der Waals surface area contributed by atoms with Gasteiger partial charge in [-0.2, -0.15) is 0 Å². The number of nitrogens with one attached hydrogen (secondary N) is 1. The van der Waals surface area contributed by atoms with Crippen molar-refractivity contribution in [2.24, 2.45) is 0 Å². The van der Waals surface area contributed by atoms with Crippen LogP contribution in [-0.4, -0.2) is 48.3 Å². The van der Waals surface area contributed by atoms with E-state index in [0.717, 1.165) is 9.87 Å². The lowest BCUT2D eigenvalue weighted by Gasteiger charge is -2.27. The topological polar surface area (TPSA) is 86.8 Å². The third kappa shape index (κ3) is 4.23. The van der Waals surface area contributed by atoms with Gasteiger partial charge in [0.15, 0.2) is 0 Å². The molecule has 29 heavy (non-hydrogen) atoms. The molecular weight excluding hydrogens is 414 g/mol. The first kappa shape index (κ1) is 21.1. The highest BCUT2D eigenvalue weighted by Crippen LogP contribution is 2.26. The summed E-state index contributed by atoms with van der Waals surface area (Å²) in [7, 11) is -4.04. The maximum Gasteiger partial charge on any atom is 0.336 e. The summed E-state index contributed by atoms with van der Waals surface area (Å²) in [6.07, 6.45) is -0.797. The second kappa shape index (κ2) is 8.04. The summed E-state index contributed by atoms with van der Waals surface area (Å²) in [5.41, 5.74) is 1.24. The number of halogens is 1. The Morgan fingerprint density at radius 2 is 1.83 bits per heavy atom. The van der Waals surface area contributed by atoms with Gasteiger partial charge in [0, 0.05) is 16.6 Å². The van der Waals surface area contributed by atoms with Crippen LogP contribution in [0.25, 0.3) is 0 Å². The number of amides is 3. The molecule has 2 aromatic carbocycles.